The fraction of sp³-hybridized carbons (Fsp3) is 0.333. The normalized spacial score (nSPS) is 19.4. The van der Waals surface area contributed by atoms with Crippen LogP contribution in [-0.4, -0.2) is 29.4 Å². The van der Waals surface area contributed by atoms with Gasteiger partial charge in [-0.25, -0.2) is 4.98 Å². The van der Waals surface area contributed by atoms with Gasteiger partial charge in [0.2, 0.25) is 11.8 Å². The average molecular weight is 244 g/mol. The van der Waals surface area contributed by atoms with E-state index in [4.69, 9.17) is 5.26 Å². The van der Waals surface area contributed by atoms with Crippen LogP contribution in [0.2, 0.25) is 0 Å². The van der Waals surface area contributed by atoms with E-state index in [1.165, 1.54) is 0 Å². The van der Waals surface area contributed by atoms with Crippen molar-refractivity contribution in [3.8, 4) is 6.07 Å². The number of nitrogens with zero attached hydrogens (tertiary/aromatic N) is 3. The minimum atomic E-state index is -0.524. The lowest BCUT2D eigenvalue weighted by Crippen LogP contribution is -2.57. The molecule has 1 aliphatic heterocycles. The molecule has 0 aromatic carbocycles. The number of piperazine rings is 1. The van der Waals surface area contributed by atoms with Gasteiger partial charge >= 0.3 is 0 Å². The summed E-state index contributed by atoms with van der Waals surface area (Å²) in [5.41, 5.74) is 1.09. The molecule has 1 aromatic rings. The summed E-state index contributed by atoms with van der Waals surface area (Å²) in [6, 6.07) is 4.86. The average Bonchev–Trinajstić information content (AvgIpc) is 2.33. The molecule has 1 N–H and O–H groups in total. The molecule has 2 rings (SSSR count). The van der Waals surface area contributed by atoms with Gasteiger partial charge in [0.15, 0.2) is 0 Å². The second-order valence-corrected chi connectivity index (χ2v) is 4.15. The number of carbonyl (C=O) groups excluding carboxylic acids is 2. The van der Waals surface area contributed by atoms with Crippen molar-refractivity contribution in [2.45, 2.75) is 19.9 Å². The molecule has 0 bridgehead atoms. The molecule has 92 valence electrons. The standard InChI is InChI=1S/C12H12N4O2/c1-7-3-4-9(5-13)11(14-7)16-6-10(17)15-12(18)8(16)2/h3-4,8H,6H2,1-2H3,(H,15,17,18). The maximum Gasteiger partial charge on any atom is 0.249 e. The molecule has 0 radical (unpaired) electrons. The SMILES string of the molecule is Cc1ccc(C#N)c(N2CC(=O)NC(=O)C2C)n1. The van der Waals surface area contributed by atoms with Crippen LogP contribution in [-0.2, 0) is 9.59 Å². The first-order chi connectivity index (χ1) is 8.52. The third-order valence-electron chi connectivity index (χ3n) is 2.83. The number of nitriles is 1. The van der Waals surface area contributed by atoms with Crippen LogP contribution in [0, 0.1) is 18.3 Å². The van der Waals surface area contributed by atoms with Crippen LogP contribution in [0.25, 0.3) is 0 Å². The van der Waals surface area contributed by atoms with E-state index in [0.717, 1.165) is 5.69 Å². The van der Waals surface area contributed by atoms with E-state index >= 15 is 0 Å². The van der Waals surface area contributed by atoms with Crippen molar-refractivity contribution in [3.05, 3.63) is 23.4 Å². The zero-order valence-corrected chi connectivity index (χ0v) is 10.1. The highest BCUT2D eigenvalue weighted by atomic mass is 16.2. The number of aromatic nitrogens is 1. The van der Waals surface area contributed by atoms with Crippen LogP contribution in [0.3, 0.4) is 0 Å². The van der Waals surface area contributed by atoms with Crippen molar-refractivity contribution < 1.29 is 9.59 Å². The minimum absolute atomic E-state index is 0.0258. The summed E-state index contributed by atoms with van der Waals surface area (Å²) < 4.78 is 0. The molecule has 2 amide bonds. The first-order valence-corrected chi connectivity index (χ1v) is 5.51. The fourth-order valence-electron chi connectivity index (χ4n) is 1.82. The van der Waals surface area contributed by atoms with Gasteiger partial charge in [0.25, 0.3) is 0 Å². The van der Waals surface area contributed by atoms with Gasteiger partial charge in [0.1, 0.15) is 17.9 Å². The Balaban J connectivity index is 2.47. The van der Waals surface area contributed by atoms with Crippen LogP contribution < -0.4 is 10.2 Å². The van der Waals surface area contributed by atoms with Crippen molar-refractivity contribution in [2.75, 3.05) is 11.4 Å². The number of pyridine rings is 1. The molecule has 1 aliphatic rings. The maximum absolute atomic E-state index is 11.6. The summed E-state index contributed by atoms with van der Waals surface area (Å²) in [6.07, 6.45) is 0. The highest BCUT2D eigenvalue weighted by molar-refractivity contribution is 6.04. The molecule has 1 aromatic heterocycles. The van der Waals surface area contributed by atoms with Gasteiger partial charge in [0, 0.05) is 5.69 Å². The number of anilines is 1. The summed E-state index contributed by atoms with van der Waals surface area (Å²) in [5.74, 6) is -0.378. The Morgan fingerprint density at radius 1 is 1.50 bits per heavy atom. The number of hydrogen-bond acceptors (Lipinski definition) is 5. The third kappa shape index (κ3) is 2.02. The van der Waals surface area contributed by atoms with E-state index in [1.807, 2.05) is 6.07 Å². The summed E-state index contributed by atoms with van der Waals surface area (Å²) in [6.45, 7) is 3.49. The Morgan fingerprint density at radius 3 is 2.89 bits per heavy atom. The molecule has 0 spiro atoms. The third-order valence-corrected chi connectivity index (χ3v) is 2.83. The van der Waals surface area contributed by atoms with E-state index in [0.29, 0.717) is 11.4 Å². The first kappa shape index (κ1) is 12.0. The molecule has 1 fully saturated rings. The molecule has 18 heavy (non-hydrogen) atoms. The summed E-state index contributed by atoms with van der Waals surface area (Å²) in [4.78, 5) is 28.8. The van der Waals surface area contributed by atoms with Crippen LogP contribution in [0.5, 0.6) is 0 Å². The van der Waals surface area contributed by atoms with Crippen molar-refractivity contribution in [1.29, 1.82) is 5.26 Å². The Hall–Kier alpha value is -2.42. The number of hydrogen-bond donors (Lipinski definition) is 1. The van der Waals surface area contributed by atoms with Crippen LogP contribution in [0.15, 0.2) is 12.1 Å². The number of aryl methyl sites for hydroxylation is 1. The highest BCUT2D eigenvalue weighted by Crippen LogP contribution is 2.21. The lowest BCUT2D eigenvalue weighted by molar-refractivity contribution is -0.132. The molecule has 0 saturated carbocycles. The Kier molecular flexibility index (Phi) is 2.98. The van der Waals surface area contributed by atoms with Gasteiger partial charge in [-0.3, -0.25) is 14.9 Å². The zero-order valence-electron chi connectivity index (χ0n) is 10.1. The predicted molar refractivity (Wildman–Crippen MR) is 63.6 cm³/mol. The molecule has 2 heterocycles. The van der Waals surface area contributed by atoms with Gasteiger partial charge in [0.05, 0.1) is 12.1 Å². The van der Waals surface area contributed by atoms with Gasteiger partial charge < -0.3 is 4.90 Å². The fourth-order valence-corrected chi connectivity index (χ4v) is 1.82. The molecule has 1 unspecified atom stereocenters. The molecule has 1 atom stereocenters. The Morgan fingerprint density at radius 2 is 2.22 bits per heavy atom. The van der Waals surface area contributed by atoms with Crippen molar-refractivity contribution in [2.24, 2.45) is 0 Å². The maximum atomic E-state index is 11.6. The van der Waals surface area contributed by atoms with E-state index in [1.54, 1.807) is 30.9 Å². The van der Waals surface area contributed by atoms with E-state index < -0.39 is 6.04 Å². The number of nitrogens with one attached hydrogen (secondary N) is 1. The number of imide groups is 1. The summed E-state index contributed by atoms with van der Waals surface area (Å²) in [7, 11) is 0. The summed E-state index contributed by atoms with van der Waals surface area (Å²) in [5, 5.41) is 11.3. The van der Waals surface area contributed by atoms with Crippen LogP contribution in [0.1, 0.15) is 18.2 Å². The topological polar surface area (TPSA) is 86.1 Å². The molecule has 6 nitrogen and oxygen atoms in total. The molecule has 1 saturated heterocycles. The van der Waals surface area contributed by atoms with Crippen LogP contribution >= 0.6 is 0 Å². The van der Waals surface area contributed by atoms with Gasteiger partial charge in [-0.2, -0.15) is 5.26 Å². The minimum Gasteiger partial charge on any atom is -0.334 e. The predicted octanol–water partition coefficient (Wildman–Crippen LogP) is 0.113. The van der Waals surface area contributed by atoms with Gasteiger partial charge in [-0.05, 0) is 26.0 Å². The smallest absolute Gasteiger partial charge is 0.249 e. The van der Waals surface area contributed by atoms with Gasteiger partial charge in [-0.15, -0.1) is 0 Å². The van der Waals surface area contributed by atoms with E-state index in [2.05, 4.69) is 10.3 Å². The largest absolute Gasteiger partial charge is 0.334 e. The Bertz CT molecular complexity index is 562. The molecular weight excluding hydrogens is 232 g/mol. The zero-order chi connectivity index (χ0) is 13.3. The van der Waals surface area contributed by atoms with E-state index in [9.17, 15) is 9.59 Å². The van der Waals surface area contributed by atoms with Crippen molar-refractivity contribution in [1.82, 2.24) is 10.3 Å². The van der Waals surface area contributed by atoms with Crippen molar-refractivity contribution in [3.63, 3.8) is 0 Å². The number of amides is 2. The highest BCUT2D eigenvalue weighted by Gasteiger charge is 2.32. The second kappa shape index (κ2) is 4.45. The first-order valence-electron chi connectivity index (χ1n) is 5.51. The van der Waals surface area contributed by atoms with Crippen molar-refractivity contribution >= 4 is 17.6 Å². The monoisotopic (exact) mass is 244 g/mol. The quantitative estimate of drug-likeness (QED) is 0.709. The lowest BCUT2D eigenvalue weighted by Gasteiger charge is -2.33. The molecular formula is C12H12N4O2. The molecule has 0 aliphatic carbocycles. The van der Waals surface area contributed by atoms with E-state index in [-0.39, 0.29) is 18.4 Å². The number of carbonyl (C=O) groups is 2. The van der Waals surface area contributed by atoms with Gasteiger partial charge in [-0.1, -0.05) is 0 Å². The second-order valence-electron chi connectivity index (χ2n) is 4.15. The molecule has 6 heteroatoms. The van der Waals surface area contributed by atoms with Crippen LogP contribution in [0.4, 0.5) is 5.82 Å². The summed E-state index contributed by atoms with van der Waals surface area (Å²) >= 11 is 0. The number of rotatable bonds is 1. The Labute approximate surface area is 104 Å². The lowest BCUT2D eigenvalue weighted by atomic mass is 10.1.